The minimum atomic E-state index is 0.0301. The summed E-state index contributed by atoms with van der Waals surface area (Å²) in [6.07, 6.45) is 5.11. The predicted molar refractivity (Wildman–Crippen MR) is 139 cm³/mol. The lowest BCUT2D eigenvalue weighted by atomic mass is 9.98. The van der Waals surface area contributed by atoms with Crippen molar-refractivity contribution >= 4 is 11.8 Å². The van der Waals surface area contributed by atoms with Gasteiger partial charge in [0.2, 0.25) is 11.8 Å². The molecule has 194 valence electrons. The number of hydrogen-bond donors (Lipinski definition) is 2. The summed E-state index contributed by atoms with van der Waals surface area (Å²) < 4.78 is 6.18. The summed E-state index contributed by atoms with van der Waals surface area (Å²) in [7, 11) is 0. The fraction of sp³-hybridized carbons (Fsp3) is 0.517. The largest absolute Gasteiger partial charge is 0.493 e. The molecule has 1 fully saturated rings. The van der Waals surface area contributed by atoms with Gasteiger partial charge in [0.05, 0.1) is 19.6 Å². The Balaban J connectivity index is 1.53. The molecule has 2 aromatic carbocycles. The Morgan fingerprint density at radius 1 is 1.03 bits per heavy atom. The molecule has 0 radical (unpaired) electrons. The second-order valence-electron chi connectivity index (χ2n) is 10.0. The summed E-state index contributed by atoms with van der Waals surface area (Å²) in [6.45, 7) is 4.33. The molecular formula is C29H39N3O4. The Bertz CT molecular complexity index is 997. The number of nitrogens with one attached hydrogen (secondary N) is 1. The lowest BCUT2D eigenvalue weighted by Crippen LogP contribution is -2.41. The highest BCUT2D eigenvalue weighted by Gasteiger charge is 2.24. The number of amides is 2. The normalized spacial score (nSPS) is 20.2. The quantitative estimate of drug-likeness (QED) is 0.669. The van der Waals surface area contributed by atoms with E-state index < -0.39 is 0 Å². The smallest absolute Gasteiger partial charge is 0.234 e. The molecule has 1 atom stereocenters. The van der Waals surface area contributed by atoms with Gasteiger partial charge in [-0.05, 0) is 55.2 Å². The van der Waals surface area contributed by atoms with Crippen molar-refractivity contribution in [1.82, 2.24) is 15.1 Å². The van der Waals surface area contributed by atoms with E-state index in [4.69, 9.17) is 4.74 Å². The standard InChI is InChI=1S/C29H39N3O4/c33-22-25-10-7-14-32(19-25)29(35)17-24-11-12-27-26(16-24)20-31(18-23-8-3-1-4-9-23)21-28(34)30-13-5-2-6-15-36-27/h1,3-4,8-9,11-12,16,25,33H,2,5-7,10,13-15,17-22H2,(H,30,34). The summed E-state index contributed by atoms with van der Waals surface area (Å²) in [4.78, 5) is 29.7. The number of likely N-dealkylation sites (tertiary alicyclic amines) is 1. The maximum absolute atomic E-state index is 13.0. The first-order valence-corrected chi connectivity index (χ1v) is 13.3. The Kier molecular flexibility index (Phi) is 9.76. The van der Waals surface area contributed by atoms with E-state index in [-0.39, 0.29) is 24.3 Å². The Hall–Kier alpha value is -2.90. The van der Waals surface area contributed by atoms with Crippen LogP contribution in [0.5, 0.6) is 5.75 Å². The summed E-state index contributed by atoms with van der Waals surface area (Å²) in [6, 6.07) is 16.2. The lowest BCUT2D eigenvalue weighted by molar-refractivity contribution is -0.132. The molecule has 2 amide bonds. The lowest BCUT2D eigenvalue weighted by Gasteiger charge is -2.32. The highest BCUT2D eigenvalue weighted by atomic mass is 16.5. The zero-order valence-electron chi connectivity index (χ0n) is 21.2. The van der Waals surface area contributed by atoms with Crippen molar-refractivity contribution in [2.75, 3.05) is 39.4 Å². The second-order valence-corrected chi connectivity index (χ2v) is 10.0. The van der Waals surface area contributed by atoms with Crippen molar-refractivity contribution in [3.05, 3.63) is 65.2 Å². The summed E-state index contributed by atoms with van der Waals surface area (Å²) >= 11 is 0. The highest BCUT2D eigenvalue weighted by molar-refractivity contribution is 5.79. The van der Waals surface area contributed by atoms with E-state index in [1.807, 2.05) is 35.2 Å². The Morgan fingerprint density at radius 2 is 1.89 bits per heavy atom. The number of benzene rings is 2. The third-order valence-electron chi connectivity index (χ3n) is 7.02. The van der Waals surface area contributed by atoms with Gasteiger partial charge in [0.15, 0.2) is 0 Å². The molecule has 2 aromatic rings. The fourth-order valence-corrected chi connectivity index (χ4v) is 5.06. The Morgan fingerprint density at radius 3 is 2.72 bits per heavy atom. The van der Waals surface area contributed by atoms with Gasteiger partial charge in [-0.1, -0.05) is 42.5 Å². The number of hydrogen-bond acceptors (Lipinski definition) is 5. The second kappa shape index (κ2) is 13.4. The monoisotopic (exact) mass is 493 g/mol. The van der Waals surface area contributed by atoms with E-state index in [1.165, 1.54) is 0 Å². The number of aliphatic hydroxyl groups is 1. The van der Waals surface area contributed by atoms with Crippen molar-refractivity contribution in [3.63, 3.8) is 0 Å². The SMILES string of the molecule is O=C1CN(Cc2ccccc2)Cc2cc(CC(=O)N3CCCC(CO)C3)ccc2OCCCCCN1. The van der Waals surface area contributed by atoms with Gasteiger partial charge in [-0.25, -0.2) is 0 Å². The van der Waals surface area contributed by atoms with Crippen LogP contribution in [0.4, 0.5) is 0 Å². The van der Waals surface area contributed by atoms with Gasteiger partial charge in [-0.2, -0.15) is 0 Å². The molecule has 1 unspecified atom stereocenters. The van der Waals surface area contributed by atoms with Crippen LogP contribution in [0.15, 0.2) is 48.5 Å². The average molecular weight is 494 g/mol. The van der Waals surface area contributed by atoms with E-state index in [1.54, 1.807) is 0 Å². The maximum atomic E-state index is 13.0. The molecule has 2 heterocycles. The molecule has 0 bridgehead atoms. The van der Waals surface area contributed by atoms with Crippen molar-refractivity contribution in [2.24, 2.45) is 5.92 Å². The van der Waals surface area contributed by atoms with E-state index >= 15 is 0 Å². The van der Waals surface area contributed by atoms with Crippen LogP contribution in [0.1, 0.15) is 48.8 Å². The number of rotatable bonds is 5. The summed E-state index contributed by atoms with van der Waals surface area (Å²) in [5, 5.41) is 12.6. The average Bonchev–Trinajstić information content (AvgIpc) is 2.90. The number of ether oxygens (including phenoxy) is 1. The van der Waals surface area contributed by atoms with Crippen molar-refractivity contribution in [3.8, 4) is 5.75 Å². The molecule has 2 aliphatic rings. The van der Waals surface area contributed by atoms with E-state index in [9.17, 15) is 14.7 Å². The van der Waals surface area contributed by atoms with Crippen molar-refractivity contribution < 1.29 is 19.4 Å². The van der Waals surface area contributed by atoms with Gasteiger partial charge in [-0.15, -0.1) is 0 Å². The zero-order valence-corrected chi connectivity index (χ0v) is 21.2. The van der Waals surface area contributed by atoms with Crippen LogP contribution in [-0.2, 0) is 29.1 Å². The topological polar surface area (TPSA) is 82.1 Å². The Labute approximate surface area is 214 Å². The number of aliphatic hydroxyl groups excluding tert-OH is 1. The number of nitrogens with zero attached hydrogens (tertiary/aromatic N) is 2. The van der Waals surface area contributed by atoms with Gasteiger partial charge in [0.1, 0.15) is 5.75 Å². The number of fused-ring (bicyclic) bond motifs is 1. The number of piperidine rings is 1. The molecule has 2 aliphatic heterocycles. The van der Waals surface area contributed by atoms with Gasteiger partial charge in [0, 0.05) is 44.9 Å². The fourth-order valence-electron chi connectivity index (χ4n) is 5.06. The van der Waals surface area contributed by atoms with Gasteiger partial charge >= 0.3 is 0 Å². The van der Waals surface area contributed by atoms with Crippen LogP contribution in [0, 0.1) is 5.92 Å². The third-order valence-corrected chi connectivity index (χ3v) is 7.02. The molecule has 36 heavy (non-hydrogen) atoms. The van der Waals surface area contributed by atoms with Gasteiger partial charge in [0.25, 0.3) is 0 Å². The van der Waals surface area contributed by atoms with Crippen molar-refractivity contribution in [1.29, 1.82) is 0 Å². The summed E-state index contributed by atoms with van der Waals surface area (Å²) in [5.41, 5.74) is 3.09. The summed E-state index contributed by atoms with van der Waals surface area (Å²) in [5.74, 6) is 1.12. The molecule has 4 rings (SSSR count). The molecule has 0 aromatic heterocycles. The zero-order chi connectivity index (χ0) is 25.2. The first-order chi connectivity index (χ1) is 17.6. The molecule has 2 N–H and O–H groups in total. The molecule has 0 saturated carbocycles. The van der Waals surface area contributed by atoms with Crippen molar-refractivity contribution in [2.45, 2.75) is 51.6 Å². The minimum Gasteiger partial charge on any atom is -0.493 e. The molecule has 1 saturated heterocycles. The number of carbonyl (C=O) groups excluding carboxylic acids is 2. The van der Waals surface area contributed by atoms with Crippen LogP contribution in [-0.4, -0.2) is 66.1 Å². The third kappa shape index (κ3) is 7.80. The van der Waals surface area contributed by atoms with Crippen LogP contribution in [0.25, 0.3) is 0 Å². The highest BCUT2D eigenvalue weighted by Crippen LogP contribution is 2.25. The molecule has 7 heteroatoms. The molecule has 0 aliphatic carbocycles. The van der Waals surface area contributed by atoms with E-state index in [0.717, 1.165) is 61.1 Å². The van der Waals surface area contributed by atoms with Crippen LogP contribution >= 0.6 is 0 Å². The van der Waals surface area contributed by atoms with Crippen LogP contribution < -0.4 is 10.1 Å². The van der Waals surface area contributed by atoms with Crippen LogP contribution in [0.3, 0.4) is 0 Å². The van der Waals surface area contributed by atoms with Crippen LogP contribution in [0.2, 0.25) is 0 Å². The molecule has 7 nitrogen and oxygen atoms in total. The number of carbonyl (C=O) groups is 2. The van der Waals surface area contributed by atoms with E-state index in [2.05, 4.69) is 28.4 Å². The molecule has 0 spiro atoms. The van der Waals surface area contributed by atoms with E-state index in [0.29, 0.717) is 45.8 Å². The maximum Gasteiger partial charge on any atom is 0.234 e. The first kappa shape index (κ1) is 26.2. The predicted octanol–water partition coefficient (Wildman–Crippen LogP) is 3.14. The van der Waals surface area contributed by atoms with Gasteiger partial charge in [-0.3, -0.25) is 14.5 Å². The molecular weight excluding hydrogens is 454 g/mol. The first-order valence-electron chi connectivity index (χ1n) is 13.3. The minimum absolute atomic E-state index is 0.0301. The van der Waals surface area contributed by atoms with Gasteiger partial charge < -0.3 is 20.1 Å².